The second kappa shape index (κ2) is 8.16. The lowest BCUT2D eigenvalue weighted by atomic mass is 9.94. The third kappa shape index (κ3) is 4.60. The van der Waals surface area contributed by atoms with Crippen molar-refractivity contribution < 1.29 is 4.79 Å². The number of urea groups is 1. The molecule has 0 unspecified atom stereocenters. The third-order valence-electron chi connectivity index (χ3n) is 4.92. The number of aryl methyl sites for hydroxylation is 1. The van der Waals surface area contributed by atoms with Crippen LogP contribution in [0.25, 0.3) is 0 Å². The monoisotopic (exact) mass is 341 g/mol. The molecule has 2 heterocycles. The van der Waals surface area contributed by atoms with E-state index in [9.17, 15) is 4.79 Å². The van der Waals surface area contributed by atoms with E-state index in [4.69, 9.17) is 0 Å². The van der Waals surface area contributed by atoms with Gasteiger partial charge in [0.2, 0.25) is 0 Å². The maximum atomic E-state index is 12.1. The fourth-order valence-electron chi connectivity index (χ4n) is 3.49. The zero-order valence-corrected chi connectivity index (χ0v) is 15.0. The van der Waals surface area contributed by atoms with Crippen molar-refractivity contribution >= 4 is 6.03 Å². The van der Waals surface area contributed by atoms with Crippen molar-refractivity contribution in [3.05, 3.63) is 53.3 Å². The third-order valence-corrected chi connectivity index (χ3v) is 4.92. The molecule has 2 aromatic rings. The minimum absolute atomic E-state index is 0.0516. The summed E-state index contributed by atoms with van der Waals surface area (Å²) >= 11 is 0. The van der Waals surface area contributed by atoms with Gasteiger partial charge >= 0.3 is 6.03 Å². The van der Waals surface area contributed by atoms with Crippen LogP contribution in [0.2, 0.25) is 0 Å². The molecule has 0 spiro atoms. The van der Waals surface area contributed by atoms with Gasteiger partial charge in [-0.3, -0.25) is 5.10 Å². The second-order valence-corrected chi connectivity index (χ2v) is 6.81. The Hall–Kier alpha value is -2.34. The zero-order valence-electron chi connectivity index (χ0n) is 15.0. The molecule has 1 saturated heterocycles. The Labute approximate surface area is 149 Å². The number of likely N-dealkylation sites (tertiary alicyclic amines) is 1. The average Bonchev–Trinajstić information content (AvgIpc) is 3.27. The molecule has 1 atom stereocenters. The van der Waals surface area contributed by atoms with Gasteiger partial charge in [0.1, 0.15) is 0 Å². The number of hydrogen-bond donors (Lipinski definition) is 2. The smallest absolute Gasteiger partial charge is 0.317 e. The van der Waals surface area contributed by atoms with Crippen LogP contribution in [-0.2, 0) is 6.54 Å². The maximum Gasteiger partial charge on any atom is 0.317 e. The molecule has 0 saturated carbocycles. The van der Waals surface area contributed by atoms with E-state index in [1.54, 1.807) is 18.1 Å². The molecule has 1 aliphatic heterocycles. The molecule has 6 nitrogen and oxygen atoms in total. The Bertz CT molecular complexity index is 685. The zero-order chi connectivity index (χ0) is 17.6. The van der Waals surface area contributed by atoms with Crippen LogP contribution in [0.5, 0.6) is 0 Å². The number of rotatable bonds is 6. The van der Waals surface area contributed by atoms with Crippen LogP contribution in [0.1, 0.15) is 29.2 Å². The Kier molecular flexibility index (Phi) is 5.71. The first-order chi connectivity index (χ1) is 12.1. The average molecular weight is 341 g/mol. The number of carbonyl (C=O) groups is 1. The summed E-state index contributed by atoms with van der Waals surface area (Å²) in [6.45, 7) is 6.46. The first-order valence-corrected chi connectivity index (χ1v) is 8.88. The maximum absolute atomic E-state index is 12.1. The van der Waals surface area contributed by atoms with Crippen molar-refractivity contribution in [2.75, 3.05) is 33.2 Å². The highest BCUT2D eigenvalue weighted by molar-refractivity contribution is 5.73. The number of aromatic nitrogens is 2. The molecule has 3 rings (SSSR count). The molecule has 6 heteroatoms. The molecule has 1 aliphatic rings. The van der Waals surface area contributed by atoms with Crippen LogP contribution in [0.15, 0.2) is 36.5 Å². The lowest BCUT2D eigenvalue weighted by molar-refractivity contribution is 0.204. The predicted octanol–water partition coefficient (Wildman–Crippen LogP) is 2.35. The quantitative estimate of drug-likeness (QED) is 0.848. The van der Waals surface area contributed by atoms with Gasteiger partial charge in [-0.25, -0.2) is 4.79 Å². The van der Waals surface area contributed by atoms with Crippen LogP contribution >= 0.6 is 0 Å². The first-order valence-electron chi connectivity index (χ1n) is 8.88. The van der Waals surface area contributed by atoms with Gasteiger partial charge in [-0.2, -0.15) is 5.10 Å². The lowest BCUT2D eigenvalue weighted by Gasteiger charge is -2.20. The number of benzene rings is 1. The Balaban J connectivity index is 1.39. The van der Waals surface area contributed by atoms with E-state index in [2.05, 4.69) is 51.6 Å². The molecular weight excluding hydrogens is 314 g/mol. The van der Waals surface area contributed by atoms with Crippen molar-refractivity contribution in [2.45, 2.75) is 25.8 Å². The predicted molar refractivity (Wildman–Crippen MR) is 98.4 cm³/mol. The van der Waals surface area contributed by atoms with E-state index in [-0.39, 0.29) is 6.03 Å². The molecular formula is C19H27N5O. The Morgan fingerprint density at radius 1 is 1.40 bits per heavy atom. The Morgan fingerprint density at radius 2 is 2.24 bits per heavy atom. The first kappa shape index (κ1) is 17.5. The van der Waals surface area contributed by atoms with Crippen LogP contribution < -0.4 is 5.32 Å². The fourth-order valence-corrected chi connectivity index (χ4v) is 3.49. The van der Waals surface area contributed by atoms with Crippen LogP contribution in [-0.4, -0.2) is 59.3 Å². The van der Waals surface area contributed by atoms with Crippen molar-refractivity contribution in [1.82, 2.24) is 25.3 Å². The molecule has 1 aromatic heterocycles. The molecule has 25 heavy (non-hydrogen) atoms. The topological polar surface area (TPSA) is 64.3 Å². The summed E-state index contributed by atoms with van der Waals surface area (Å²) in [6.07, 6.45) is 2.89. The summed E-state index contributed by atoms with van der Waals surface area (Å²) < 4.78 is 0. The summed E-state index contributed by atoms with van der Waals surface area (Å²) in [6, 6.07) is 10.5. The summed E-state index contributed by atoms with van der Waals surface area (Å²) in [5, 5.41) is 9.76. The van der Waals surface area contributed by atoms with E-state index in [1.165, 1.54) is 17.5 Å². The lowest BCUT2D eigenvalue weighted by Crippen LogP contribution is -2.40. The molecule has 134 valence electrons. The number of nitrogens with zero attached hydrogens (tertiary/aromatic N) is 3. The van der Waals surface area contributed by atoms with Gasteiger partial charge in [-0.05, 0) is 43.0 Å². The standard InChI is InChI=1S/C19H27N5O/c1-15-5-3-4-6-18(15)16-8-11-24(13-16)12-10-20-19(25)23(2)14-17-7-9-21-22-17/h3-7,9,16H,8,10-14H2,1-2H3,(H,20,25)(H,21,22)/t16-/m1/s1. The van der Waals surface area contributed by atoms with Crippen LogP contribution in [0, 0.1) is 6.92 Å². The number of nitrogens with one attached hydrogen (secondary N) is 2. The number of carbonyl (C=O) groups excluding carboxylic acids is 1. The van der Waals surface area contributed by atoms with Crippen LogP contribution in [0.4, 0.5) is 4.79 Å². The van der Waals surface area contributed by atoms with Gasteiger partial charge in [0.15, 0.2) is 0 Å². The summed E-state index contributed by atoms with van der Waals surface area (Å²) in [5.41, 5.74) is 3.77. The van der Waals surface area contributed by atoms with Gasteiger partial charge < -0.3 is 15.1 Å². The van der Waals surface area contributed by atoms with E-state index in [0.717, 1.165) is 25.3 Å². The van der Waals surface area contributed by atoms with E-state index >= 15 is 0 Å². The van der Waals surface area contributed by atoms with Gasteiger partial charge in [-0.15, -0.1) is 0 Å². The normalized spacial score (nSPS) is 17.6. The van der Waals surface area contributed by atoms with Gasteiger partial charge in [-0.1, -0.05) is 24.3 Å². The van der Waals surface area contributed by atoms with Gasteiger partial charge in [0.25, 0.3) is 0 Å². The minimum Gasteiger partial charge on any atom is -0.337 e. The van der Waals surface area contributed by atoms with Crippen molar-refractivity contribution in [1.29, 1.82) is 0 Å². The number of hydrogen-bond acceptors (Lipinski definition) is 3. The molecule has 0 aliphatic carbocycles. The largest absolute Gasteiger partial charge is 0.337 e. The molecule has 2 amide bonds. The van der Waals surface area contributed by atoms with Crippen molar-refractivity contribution in [3.8, 4) is 0 Å². The van der Waals surface area contributed by atoms with Gasteiger partial charge in [0, 0.05) is 32.9 Å². The molecule has 1 fully saturated rings. The minimum atomic E-state index is -0.0516. The highest BCUT2D eigenvalue weighted by Crippen LogP contribution is 2.28. The summed E-state index contributed by atoms with van der Waals surface area (Å²) in [5.74, 6) is 0.611. The summed E-state index contributed by atoms with van der Waals surface area (Å²) in [7, 11) is 1.79. The molecule has 0 radical (unpaired) electrons. The fraction of sp³-hybridized carbons (Fsp3) is 0.474. The van der Waals surface area contributed by atoms with E-state index in [0.29, 0.717) is 19.0 Å². The van der Waals surface area contributed by atoms with Crippen molar-refractivity contribution in [3.63, 3.8) is 0 Å². The van der Waals surface area contributed by atoms with Gasteiger partial charge in [0.05, 0.1) is 12.2 Å². The van der Waals surface area contributed by atoms with E-state index in [1.807, 2.05) is 6.07 Å². The SMILES string of the molecule is Cc1ccccc1[C@@H]1CCN(CCNC(=O)N(C)Cc2ccn[nH]2)C1. The molecule has 2 N–H and O–H groups in total. The van der Waals surface area contributed by atoms with Crippen LogP contribution in [0.3, 0.4) is 0 Å². The summed E-state index contributed by atoms with van der Waals surface area (Å²) in [4.78, 5) is 16.2. The number of amides is 2. The molecule has 1 aromatic carbocycles. The molecule has 0 bridgehead atoms. The highest BCUT2D eigenvalue weighted by Gasteiger charge is 2.24. The number of H-pyrrole nitrogens is 1. The number of aromatic amines is 1. The van der Waals surface area contributed by atoms with E-state index < -0.39 is 0 Å². The second-order valence-electron chi connectivity index (χ2n) is 6.81. The Morgan fingerprint density at radius 3 is 3.00 bits per heavy atom. The van der Waals surface area contributed by atoms with Crippen molar-refractivity contribution in [2.24, 2.45) is 0 Å². The highest BCUT2D eigenvalue weighted by atomic mass is 16.2.